The van der Waals surface area contributed by atoms with Crippen molar-refractivity contribution in [3.8, 4) is 0 Å². The van der Waals surface area contributed by atoms with Gasteiger partial charge >= 0.3 is 5.97 Å². The third-order valence-electron chi connectivity index (χ3n) is 2.91. The van der Waals surface area contributed by atoms with Gasteiger partial charge in [0.25, 0.3) is 0 Å². The average molecular weight is 313 g/mol. The summed E-state index contributed by atoms with van der Waals surface area (Å²) in [5, 5.41) is 0. The van der Waals surface area contributed by atoms with Crippen LogP contribution in [0, 0.1) is 5.41 Å². The molecule has 0 aliphatic rings. The fraction of sp³-hybridized carbons (Fsp3) is 0.533. The summed E-state index contributed by atoms with van der Waals surface area (Å²) in [4.78, 5) is 11.4. The minimum atomic E-state index is -0.0959. The summed E-state index contributed by atoms with van der Waals surface area (Å²) in [6, 6.07) is 8.35. The van der Waals surface area contributed by atoms with Crippen LogP contribution in [0.3, 0.4) is 0 Å². The van der Waals surface area contributed by atoms with Gasteiger partial charge < -0.3 is 4.74 Å². The Morgan fingerprint density at radius 2 is 1.89 bits per heavy atom. The molecule has 0 unspecified atom stereocenters. The maximum Gasteiger partial charge on any atom is 0.305 e. The van der Waals surface area contributed by atoms with Gasteiger partial charge in [0, 0.05) is 10.9 Å². The number of ether oxygens (including phenoxy) is 1. The van der Waals surface area contributed by atoms with Gasteiger partial charge in [0.2, 0.25) is 0 Å². The van der Waals surface area contributed by atoms with Crippen molar-refractivity contribution in [3.63, 3.8) is 0 Å². The topological polar surface area (TPSA) is 26.3 Å². The standard InChI is InChI=1S/C15H21BrO2/c1-4-18-14(17)9-10-15(2,3)11-12-5-7-13(16)8-6-12/h5-8H,4,9-11H2,1-3H3. The average Bonchev–Trinajstić information content (AvgIpc) is 2.30. The van der Waals surface area contributed by atoms with E-state index in [1.54, 1.807) is 0 Å². The predicted octanol–water partition coefficient (Wildman–Crippen LogP) is 4.36. The van der Waals surface area contributed by atoms with Gasteiger partial charge in [-0.2, -0.15) is 0 Å². The summed E-state index contributed by atoms with van der Waals surface area (Å²) in [6.45, 7) is 6.68. The molecule has 0 amide bonds. The number of hydrogen-bond acceptors (Lipinski definition) is 2. The number of benzene rings is 1. The van der Waals surface area contributed by atoms with Crippen molar-refractivity contribution >= 4 is 21.9 Å². The molecule has 3 heteroatoms. The maximum atomic E-state index is 11.4. The molecule has 1 aromatic rings. The third kappa shape index (κ3) is 5.67. The Balaban J connectivity index is 2.48. The van der Waals surface area contributed by atoms with E-state index in [-0.39, 0.29) is 11.4 Å². The molecule has 0 aliphatic heterocycles. The Bertz CT molecular complexity index is 382. The first-order chi connectivity index (χ1) is 8.43. The molecule has 0 atom stereocenters. The van der Waals surface area contributed by atoms with E-state index in [0.29, 0.717) is 13.0 Å². The molecule has 0 bridgehead atoms. The van der Waals surface area contributed by atoms with E-state index in [4.69, 9.17) is 4.74 Å². The van der Waals surface area contributed by atoms with E-state index in [1.165, 1.54) is 5.56 Å². The number of halogens is 1. The first-order valence-corrected chi connectivity index (χ1v) is 7.12. The quantitative estimate of drug-likeness (QED) is 0.729. The molecule has 1 rings (SSSR count). The molecule has 0 radical (unpaired) electrons. The van der Waals surface area contributed by atoms with Crippen LogP contribution in [0.2, 0.25) is 0 Å². The van der Waals surface area contributed by atoms with Crippen molar-refractivity contribution in [1.82, 2.24) is 0 Å². The molecule has 0 aromatic heterocycles. The van der Waals surface area contributed by atoms with Crippen molar-refractivity contribution in [2.75, 3.05) is 6.61 Å². The molecule has 100 valence electrons. The Morgan fingerprint density at radius 3 is 2.44 bits per heavy atom. The van der Waals surface area contributed by atoms with Crippen LogP contribution in [0.5, 0.6) is 0 Å². The second kappa shape index (κ2) is 6.93. The monoisotopic (exact) mass is 312 g/mol. The van der Waals surface area contributed by atoms with Crippen molar-refractivity contribution in [1.29, 1.82) is 0 Å². The zero-order chi connectivity index (χ0) is 13.6. The summed E-state index contributed by atoms with van der Waals surface area (Å²) in [6.07, 6.45) is 2.32. The van der Waals surface area contributed by atoms with E-state index < -0.39 is 0 Å². The van der Waals surface area contributed by atoms with Gasteiger partial charge in [0.1, 0.15) is 0 Å². The fourth-order valence-corrected chi connectivity index (χ4v) is 2.18. The Hall–Kier alpha value is -0.830. The van der Waals surface area contributed by atoms with Crippen LogP contribution in [0.25, 0.3) is 0 Å². The van der Waals surface area contributed by atoms with Gasteiger partial charge in [0.15, 0.2) is 0 Å². The molecule has 0 aliphatic carbocycles. The predicted molar refractivity (Wildman–Crippen MR) is 77.5 cm³/mol. The van der Waals surface area contributed by atoms with Crippen LogP contribution in [0.1, 0.15) is 39.2 Å². The minimum Gasteiger partial charge on any atom is -0.466 e. The lowest BCUT2D eigenvalue weighted by Crippen LogP contribution is -2.17. The fourth-order valence-electron chi connectivity index (χ4n) is 1.92. The summed E-state index contributed by atoms with van der Waals surface area (Å²) in [5.74, 6) is -0.0959. The molecule has 18 heavy (non-hydrogen) atoms. The molecule has 0 N–H and O–H groups in total. The number of carbonyl (C=O) groups is 1. The Labute approximate surface area is 118 Å². The van der Waals surface area contributed by atoms with E-state index in [9.17, 15) is 4.79 Å². The van der Waals surface area contributed by atoms with Crippen molar-refractivity contribution in [2.45, 2.75) is 40.0 Å². The van der Waals surface area contributed by atoms with Gasteiger partial charge in [-0.25, -0.2) is 0 Å². The van der Waals surface area contributed by atoms with Crippen LogP contribution in [-0.2, 0) is 16.0 Å². The molecule has 0 spiro atoms. The zero-order valence-electron chi connectivity index (χ0n) is 11.3. The van der Waals surface area contributed by atoms with E-state index in [0.717, 1.165) is 17.3 Å². The molecule has 0 heterocycles. The van der Waals surface area contributed by atoms with Crippen molar-refractivity contribution in [3.05, 3.63) is 34.3 Å². The van der Waals surface area contributed by atoms with Crippen LogP contribution in [0.15, 0.2) is 28.7 Å². The largest absolute Gasteiger partial charge is 0.466 e. The second-order valence-corrected chi connectivity index (χ2v) is 6.19. The first-order valence-electron chi connectivity index (χ1n) is 6.33. The summed E-state index contributed by atoms with van der Waals surface area (Å²) in [7, 11) is 0. The van der Waals surface area contributed by atoms with Crippen LogP contribution >= 0.6 is 15.9 Å². The minimum absolute atomic E-state index is 0.0959. The van der Waals surface area contributed by atoms with Gasteiger partial charge in [-0.1, -0.05) is 41.9 Å². The number of hydrogen-bond donors (Lipinski definition) is 0. The highest BCUT2D eigenvalue weighted by molar-refractivity contribution is 9.10. The Morgan fingerprint density at radius 1 is 1.28 bits per heavy atom. The second-order valence-electron chi connectivity index (χ2n) is 5.27. The van der Waals surface area contributed by atoms with Crippen LogP contribution in [-0.4, -0.2) is 12.6 Å². The lowest BCUT2D eigenvalue weighted by molar-refractivity contribution is -0.143. The molecular formula is C15H21BrO2. The van der Waals surface area contributed by atoms with Gasteiger partial charge in [-0.15, -0.1) is 0 Å². The third-order valence-corrected chi connectivity index (χ3v) is 3.44. The molecule has 0 saturated heterocycles. The summed E-state index contributed by atoms with van der Waals surface area (Å²) in [5.41, 5.74) is 1.41. The van der Waals surface area contributed by atoms with Crippen molar-refractivity contribution < 1.29 is 9.53 Å². The smallest absolute Gasteiger partial charge is 0.305 e. The van der Waals surface area contributed by atoms with Crippen LogP contribution in [0.4, 0.5) is 0 Å². The van der Waals surface area contributed by atoms with Gasteiger partial charge in [0.05, 0.1) is 6.61 Å². The lowest BCUT2D eigenvalue weighted by Gasteiger charge is -2.24. The zero-order valence-corrected chi connectivity index (χ0v) is 12.9. The number of carbonyl (C=O) groups excluding carboxylic acids is 1. The number of esters is 1. The molecule has 2 nitrogen and oxygen atoms in total. The number of rotatable bonds is 6. The summed E-state index contributed by atoms with van der Waals surface area (Å²) >= 11 is 3.43. The van der Waals surface area contributed by atoms with E-state index >= 15 is 0 Å². The molecule has 1 aromatic carbocycles. The summed E-state index contributed by atoms with van der Waals surface area (Å²) < 4.78 is 6.05. The van der Waals surface area contributed by atoms with Crippen molar-refractivity contribution in [2.24, 2.45) is 5.41 Å². The molecule has 0 saturated carbocycles. The first kappa shape index (κ1) is 15.2. The lowest BCUT2D eigenvalue weighted by atomic mass is 9.81. The maximum absolute atomic E-state index is 11.4. The highest BCUT2D eigenvalue weighted by atomic mass is 79.9. The molecule has 0 fully saturated rings. The Kier molecular flexibility index (Phi) is 5.86. The highest BCUT2D eigenvalue weighted by Crippen LogP contribution is 2.28. The van der Waals surface area contributed by atoms with Gasteiger partial charge in [-0.3, -0.25) is 4.79 Å². The van der Waals surface area contributed by atoms with Crippen LogP contribution < -0.4 is 0 Å². The normalized spacial score (nSPS) is 11.3. The van der Waals surface area contributed by atoms with Gasteiger partial charge in [-0.05, 0) is 42.9 Å². The SMILES string of the molecule is CCOC(=O)CCC(C)(C)Cc1ccc(Br)cc1. The van der Waals surface area contributed by atoms with E-state index in [1.807, 2.05) is 6.92 Å². The molecular weight excluding hydrogens is 292 g/mol. The van der Waals surface area contributed by atoms with E-state index in [2.05, 4.69) is 54.0 Å². The highest BCUT2D eigenvalue weighted by Gasteiger charge is 2.20.